The van der Waals surface area contributed by atoms with Crippen molar-refractivity contribution in [3.63, 3.8) is 0 Å². The number of aliphatic carboxylic acids is 1. The number of hydrogen-bond acceptors (Lipinski definition) is 3. The van der Waals surface area contributed by atoms with E-state index in [0.717, 1.165) is 12.8 Å². The van der Waals surface area contributed by atoms with Crippen molar-refractivity contribution in [1.29, 1.82) is 0 Å². The molecule has 0 heterocycles. The number of carboxylic acid groups (broad SMARTS) is 1. The van der Waals surface area contributed by atoms with Gasteiger partial charge < -0.3 is 20.1 Å². The van der Waals surface area contributed by atoms with Gasteiger partial charge >= 0.3 is 12.0 Å². The molecule has 1 saturated carbocycles. The van der Waals surface area contributed by atoms with Gasteiger partial charge in [0.2, 0.25) is 0 Å². The van der Waals surface area contributed by atoms with Gasteiger partial charge in [-0.1, -0.05) is 0 Å². The van der Waals surface area contributed by atoms with E-state index in [1.165, 1.54) is 0 Å². The molecular weight excluding hydrogens is 272 g/mol. The van der Waals surface area contributed by atoms with Crippen molar-refractivity contribution in [3.8, 4) is 0 Å². The summed E-state index contributed by atoms with van der Waals surface area (Å²) in [5, 5.41) is 11.9. The van der Waals surface area contributed by atoms with E-state index in [2.05, 4.69) is 5.32 Å². The molecule has 1 fully saturated rings. The molecule has 1 aliphatic rings. The Morgan fingerprint density at radius 3 is 2.43 bits per heavy atom. The number of ether oxygens (including phenoxy) is 1. The van der Waals surface area contributed by atoms with Gasteiger partial charge in [-0.15, -0.1) is 0 Å². The van der Waals surface area contributed by atoms with Gasteiger partial charge in [0.05, 0.1) is 18.6 Å². The van der Waals surface area contributed by atoms with Gasteiger partial charge in [-0.25, -0.2) is 4.79 Å². The number of carbonyl (C=O) groups excluding carboxylic acids is 1. The molecule has 1 aliphatic carbocycles. The molecule has 21 heavy (non-hydrogen) atoms. The smallest absolute Gasteiger partial charge is 0.317 e. The molecule has 2 amide bonds. The number of carboxylic acids is 1. The van der Waals surface area contributed by atoms with E-state index < -0.39 is 5.97 Å². The average molecular weight is 300 g/mol. The highest BCUT2D eigenvalue weighted by atomic mass is 16.5. The van der Waals surface area contributed by atoms with E-state index in [1.54, 1.807) is 12.0 Å². The second-order valence-electron chi connectivity index (χ2n) is 5.83. The van der Waals surface area contributed by atoms with Crippen LogP contribution in [0, 0.1) is 11.8 Å². The lowest BCUT2D eigenvalue weighted by molar-refractivity contribution is -0.143. The second kappa shape index (κ2) is 8.87. The third kappa shape index (κ3) is 5.53. The lowest BCUT2D eigenvalue weighted by Crippen LogP contribution is -2.47. The number of rotatable bonds is 7. The maximum Gasteiger partial charge on any atom is 0.317 e. The molecule has 0 aromatic carbocycles. The molecule has 6 heteroatoms. The summed E-state index contributed by atoms with van der Waals surface area (Å²) in [6.07, 6.45) is 3.18. The van der Waals surface area contributed by atoms with Crippen LogP contribution in [0.1, 0.15) is 39.5 Å². The summed E-state index contributed by atoms with van der Waals surface area (Å²) in [7, 11) is 1.63. The number of likely N-dealkylation sites (N-methyl/N-ethyl adjacent to an activating group) is 1. The molecule has 1 rings (SSSR count). The van der Waals surface area contributed by atoms with Gasteiger partial charge in [-0.3, -0.25) is 4.79 Å². The second-order valence-corrected chi connectivity index (χ2v) is 5.83. The van der Waals surface area contributed by atoms with E-state index >= 15 is 0 Å². The van der Waals surface area contributed by atoms with Gasteiger partial charge in [0.1, 0.15) is 0 Å². The van der Waals surface area contributed by atoms with Crippen LogP contribution < -0.4 is 5.32 Å². The van der Waals surface area contributed by atoms with Crippen molar-refractivity contribution >= 4 is 12.0 Å². The van der Waals surface area contributed by atoms with Crippen molar-refractivity contribution in [2.24, 2.45) is 11.8 Å². The number of nitrogens with one attached hydrogen (secondary N) is 1. The first-order valence-corrected chi connectivity index (χ1v) is 7.75. The lowest BCUT2D eigenvalue weighted by atomic mass is 9.82. The summed E-state index contributed by atoms with van der Waals surface area (Å²) < 4.78 is 5.09. The minimum absolute atomic E-state index is 0.0442. The Labute approximate surface area is 126 Å². The minimum Gasteiger partial charge on any atom is -0.481 e. The zero-order valence-corrected chi connectivity index (χ0v) is 13.3. The Bertz CT molecular complexity index is 341. The fourth-order valence-corrected chi connectivity index (χ4v) is 2.93. The molecule has 0 bridgehead atoms. The third-order valence-electron chi connectivity index (χ3n) is 4.28. The topological polar surface area (TPSA) is 78.9 Å². The van der Waals surface area contributed by atoms with Crippen molar-refractivity contribution in [1.82, 2.24) is 10.2 Å². The summed E-state index contributed by atoms with van der Waals surface area (Å²) >= 11 is 0. The molecule has 0 saturated heterocycles. The van der Waals surface area contributed by atoms with Crippen LogP contribution in [-0.4, -0.2) is 54.9 Å². The van der Waals surface area contributed by atoms with Crippen molar-refractivity contribution in [3.05, 3.63) is 0 Å². The molecule has 122 valence electrons. The molecule has 2 N–H and O–H groups in total. The zero-order valence-electron chi connectivity index (χ0n) is 13.3. The van der Waals surface area contributed by atoms with Crippen molar-refractivity contribution in [2.75, 3.05) is 26.8 Å². The molecule has 0 aromatic heterocycles. The largest absolute Gasteiger partial charge is 0.481 e. The molecule has 6 nitrogen and oxygen atoms in total. The molecular formula is C15H28N2O4. The van der Waals surface area contributed by atoms with Gasteiger partial charge in [-0.2, -0.15) is 0 Å². The molecule has 1 unspecified atom stereocenters. The number of hydrogen-bond donors (Lipinski definition) is 2. The average Bonchev–Trinajstić information content (AvgIpc) is 2.46. The lowest BCUT2D eigenvalue weighted by Gasteiger charge is -2.30. The van der Waals surface area contributed by atoms with Crippen LogP contribution >= 0.6 is 0 Å². The summed E-state index contributed by atoms with van der Waals surface area (Å²) in [6.45, 7) is 5.70. The van der Waals surface area contributed by atoms with Crippen LogP contribution in [0.25, 0.3) is 0 Å². The maximum atomic E-state index is 12.2. The third-order valence-corrected chi connectivity index (χ3v) is 4.28. The Balaban J connectivity index is 2.34. The first-order valence-electron chi connectivity index (χ1n) is 7.75. The first-order chi connectivity index (χ1) is 9.99. The van der Waals surface area contributed by atoms with Crippen LogP contribution in [0.4, 0.5) is 4.79 Å². The number of nitrogens with zero attached hydrogens (tertiary/aromatic N) is 1. The number of methoxy groups -OCH3 is 1. The summed E-state index contributed by atoms with van der Waals surface area (Å²) in [6, 6.07) is -0.0230. The monoisotopic (exact) mass is 300 g/mol. The van der Waals surface area contributed by atoms with E-state index in [-0.39, 0.29) is 18.0 Å². The minimum atomic E-state index is -0.692. The predicted molar refractivity (Wildman–Crippen MR) is 80.2 cm³/mol. The molecule has 0 radical (unpaired) electrons. The van der Waals surface area contributed by atoms with Gasteiger partial charge in [-0.05, 0) is 45.4 Å². The fourth-order valence-electron chi connectivity index (χ4n) is 2.93. The first kappa shape index (κ1) is 17.8. The zero-order chi connectivity index (χ0) is 15.8. The molecule has 1 atom stereocenters. The highest BCUT2D eigenvalue weighted by Crippen LogP contribution is 2.28. The summed E-state index contributed by atoms with van der Waals surface area (Å²) in [4.78, 5) is 24.8. The normalized spacial score (nSPS) is 23.4. The molecule has 0 spiro atoms. The molecule has 0 aliphatic heterocycles. The van der Waals surface area contributed by atoms with Crippen LogP contribution in [0.5, 0.6) is 0 Å². The Morgan fingerprint density at radius 2 is 1.95 bits per heavy atom. The standard InChI is InChI=1S/C15H28N2O4/c1-4-17(11(2)10-21-3)15(20)16-9-12-5-7-13(8-6-12)14(18)19/h11-13H,4-10H2,1-3H3,(H,16,20)(H,18,19). The number of amides is 2. The van der Waals surface area contributed by atoms with Crippen LogP contribution in [0.2, 0.25) is 0 Å². The van der Waals surface area contributed by atoms with E-state index in [4.69, 9.17) is 9.84 Å². The van der Waals surface area contributed by atoms with E-state index in [1.807, 2.05) is 13.8 Å². The fraction of sp³-hybridized carbons (Fsp3) is 0.867. The Hall–Kier alpha value is -1.30. The quantitative estimate of drug-likeness (QED) is 0.753. The Morgan fingerprint density at radius 1 is 1.33 bits per heavy atom. The van der Waals surface area contributed by atoms with Gasteiger partial charge in [0.25, 0.3) is 0 Å². The molecule has 0 aromatic rings. The maximum absolute atomic E-state index is 12.2. The van der Waals surface area contributed by atoms with Crippen LogP contribution in [0.3, 0.4) is 0 Å². The SMILES string of the molecule is CCN(C(=O)NCC1CCC(C(=O)O)CC1)C(C)COC. The van der Waals surface area contributed by atoms with Gasteiger partial charge in [0.15, 0.2) is 0 Å². The number of carbonyl (C=O) groups is 2. The Kier molecular flexibility index (Phi) is 7.50. The van der Waals surface area contributed by atoms with E-state index in [0.29, 0.717) is 38.5 Å². The van der Waals surface area contributed by atoms with Crippen LogP contribution in [-0.2, 0) is 9.53 Å². The predicted octanol–water partition coefficient (Wildman–Crippen LogP) is 1.94. The van der Waals surface area contributed by atoms with Crippen molar-refractivity contribution in [2.45, 2.75) is 45.6 Å². The van der Waals surface area contributed by atoms with Crippen molar-refractivity contribution < 1.29 is 19.4 Å². The highest BCUT2D eigenvalue weighted by molar-refractivity contribution is 5.74. The number of urea groups is 1. The summed E-state index contributed by atoms with van der Waals surface area (Å²) in [5.41, 5.74) is 0. The highest BCUT2D eigenvalue weighted by Gasteiger charge is 2.26. The van der Waals surface area contributed by atoms with Gasteiger partial charge in [0, 0.05) is 20.2 Å². The summed E-state index contributed by atoms with van der Waals surface area (Å²) in [5.74, 6) is -0.505. The van der Waals surface area contributed by atoms with Crippen LogP contribution in [0.15, 0.2) is 0 Å². The van der Waals surface area contributed by atoms with E-state index in [9.17, 15) is 9.59 Å².